The van der Waals surface area contributed by atoms with Crippen LogP contribution in [-0.2, 0) is 26.4 Å². The van der Waals surface area contributed by atoms with E-state index in [1.165, 1.54) is 12.0 Å². The van der Waals surface area contributed by atoms with Crippen LogP contribution in [0.2, 0.25) is 0 Å². The molecule has 1 saturated heterocycles. The van der Waals surface area contributed by atoms with E-state index in [1.807, 2.05) is 25.0 Å². The second kappa shape index (κ2) is 8.13. The van der Waals surface area contributed by atoms with E-state index in [2.05, 4.69) is 48.2 Å². The molecule has 3 heterocycles. The topological polar surface area (TPSA) is 76.2 Å². The summed E-state index contributed by atoms with van der Waals surface area (Å²) in [6.45, 7) is 5.86. The van der Waals surface area contributed by atoms with Crippen molar-refractivity contribution in [3.63, 3.8) is 0 Å². The maximum atomic E-state index is 4.45. The fraction of sp³-hybridized carbons (Fsp3) is 0.647. The van der Waals surface area contributed by atoms with Gasteiger partial charge in [-0.15, -0.1) is 10.2 Å². The second-order valence-electron chi connectivity index (χ2n) is 6.60. The van der Waals surface area contributed by atoms with E-state index >= 15 is 0 Å². The van der Waals surface area contributed by atoms with Crippen LogP contribution in [0.5, 0.6) is 0 Å². The summed E-state index contributed by atoms with van der Waals surface area (Å²) in [5.74, 6) is 2.67. The number of aliphatic imine (C=N–C) groups is 1. The first-order valence-corrected chi connectivity index (χ1v) is 8.99. The highest BCUT2D eigenvalue weighted by atomic mass is 15.3. The summed E-state index contributed by atoms with van der Waals surface area (Å²) in [7, 11) is 3.82. The molecular weight excluding hydrogens is 316 g/mol. The fourth-order valence-corrected chi connectivity index (χ4v) is 3.46. The van der Waals surface area contributed by atoms with Gasteiger partial charge in [-0.3, -0.25) is 9.67 Å². The molecule has 1 aliphatic rings. The summed E-state index contributed by atoms with van der Waals surface area (Å²) < 4.78 is 3.97. The quantitative estimate of drug-likeness (QED) is 0.617. The lowest BCUT2D eigenvalue weighted by Crippen LogP contribution is -2.41. The van der Waals surface area contributed by atoms with Crippen molar-refractivity contribution < 1.29 is 0 Å². The van der Waals surface area contributed by atoms with Gasteiger partial charge in [-0.1, -0.05) is 6.92 Å². The van der Waals surface area contributed by atoms with Crippen molar-refractivity contribution in [2.75, 3.05) is 26.7 Å². The van der Waals surface area contributed by atoms with Gasteiger partial charge >= 0.3 is 0 Å². The van der Waals surface area contributed by atoms with Crippen LogP contribution in [0.1, 0.15) is 24.7 Å². The zero-order valence-corrected chi connectivity index (χ0v) is 15.4. The lowest BCUT2D eigenvalue weighted by molar-refractivity contribution is 0.457. The van der Waals surface area contributed by atoms with Gasteiger partial charge < -0.3 is 14.8 Å². The summed E-state index contributed by atoms with van der Waals surface area (Å²) in [5, 5.41) is 15.8. The van der Waals surface area contributed by atoms with Gasteiger partial charge in [0.25, 0.3) is 0 Å². The van der Waals surface area contributed by atoms with Crippen molar-refractivity contribution in [1.29, 1.82) is 0 Å². The Bertz CT molecular complexity index is 701. The highest BCUT2D eigenvalue weighted by molar-refractivity contribution is 5.80. The minimum atomic E-state index is 0.660. The number of nitrogens with one attached hydrogen (secondary N) is 1. The van der Waals surface area contributed by atoms with Gasteiger partial charge in [0.1, 0.15) is 12.2 Å². The van der Waals surface area contributed by atoms with E-state index in [4.69, 9.17) is 0 Å². The van der Waals surface area contributed by atoms with Crippen molar-refractivity contribution in [3.05, 3.63) is 30.1 Å². The van der Waals surface area contributed by atoms with Gasteiger partial charge in [0.15, 0.2) is 5.96 Å². The molecule has 3 rings (SSSR count). The minimum absolute atomic E-state index is 0.660. The number of guanidine groups is 1. The number of hydrogen-bond donors (Lipinski definition) is 1. The summed E-state index contributed by atoms with van der Waals surface area (Å²) >= 11 is 0. The molecule has 1 fully saturated rings. The summed E-state index contributed by atoms with van der Waals surface area (Å²) in [6.07, 6.45) is 9.06. The molecule has 0 bridgehead atoms. The van der Waals surface area contributed by atoms with E-state index in [1.54, 1.807) is 6.33 Å². The van der Waals surface area contributed by atoms with Gasteiger partial charge in [0, 0.05) is 52.9 Å². The van der Waals surface area contributed by atoms with E-state index < -0.39 is 0 Å². The molecule has 0 aliphatic carbocycles. The van der Waals surface area contributed by atoms with Crippen molar-refractivity contribution in [3.8, 4) is 0 Å². The summed E-state index contributed by atoms with van der Waals surface area (Å²) in [6, 6.07) is 0. The molecule has 1 atom stereocenters. The Morgan fingerprint density at radius 2 is 2.32 bits per heavy atom. The Morgan fingerprint density at radius 3 is 3.04 bits per heavy atom. The standard InChI is InChI=1S/C17H28N8/c1-4-16-22-20-13-25(16)8-6-19-17(18-2)24-7-5-14(12-24)9-15-10-21-23(3)11-15/h10-11,13-14H,4-9,12H2,1-3H3,(H,18,19). The second-order valence-corrected chi connectivity index (χ2v) is 6.60. The van der Waals surface area contributed by atoms with Gasteiger partial charge in [0.2, 0.25) is 0 Å². The van der Waals surface area contributed by atoms with E-state index in [0.717, 1.165) is 50.8 Å². The van der Waals surface area contributed by atoms with E-state index in [-0.39, 0.29) is 0 Å². The maximum absolute atomic E-state index is 4.45. The molecule has 1 N–H and O–H groups in total. The highest BCUT2D eigenvalue weighted by Gasteiger charge is 2.25. The molecule has 1 unspecified atom stereocenters. The van der Waals surface area contributed by atoms with E-state index in [9.17, 15) is 0 Å². The Labute approximate surface area is 149 Å². The molecule has 0 amide bonds. The Morgan fingerprint density at radius 1 is 1.44 bits per heavy atom. The number of hydrogen-bond acceptors (Lipinski definition) is 4. The zero-order valence-electron chi connectivity index (χ0n) is 15.4. The molecule has 8 nitrogen and oxygen atoms in total. The summed E-state index contributed by atoms with van der Waals surface area (Å²) in [5.41, 5.74) is 1.32. The van der Waals surface area contributed by atoms with Crippen LogP contribution in [0, 0.1) is 5.92 Å². The monoisotopic (exact) mass is 344 g/mol. The van der Waals surface area contributed by atoms with Crippen molar-refractivity contribution in [2.24, 2.45) is 18.0 Å². The molecule has 136 valence electrons. The Hall–Kier alpha value is -2.38. The predicted octanol–water partition coefficient (Wildman–Crippen LogP) is 0.714. The van der Waals surface area contributed by atoms with Crippen LogP contribution < -0.4 is 5.32 Å². The smallest absolute Gasteiger partial charge is 0.193 e. The van der Waals surface area contributed by atoms with Crippen LogP contribution >= 0.6 is 0 Å². The number of nitrogens with zero attached hydrogens (tertiary/aromatic N) is 7. The Kier molecular flexibility index (Phi) is 5.67. The van der Waals surface area contributed by atoms with Gasteiger partial charge in [0.05, 0.1) is 6.20 Å². The van der Waals surface area contributed by atoms with Crippen LogP contribution in [-0.4, -0.2) is 62.1 Å². The largest absolute Gasteiger partial charge is 0.354 e. The van der Waals surface area contributed by atoms with Crippen LogP contribution in [0.25, 0.3) is 0 Å². The average molecular weight is 344 g/mol. The van der Waals surface area contributed by atoms with Crippen molar-refractivity contribution in [2.45, 2.75) is 32.7 Å². The lowest BCUT2D eigenvalue weighted by atomic mass is 10.0. The van der Waals surface area contributed by atoms with Gasteiger partial charge in [-0.2, -0.15) is 5.10 Å². The zero-order chi connectivity index (χ0) is 17.6. The maximum Gasteiger partial charge on any atom is 0.193 e. The SMILES string of the molecule is CCc1nncn1CCNC(=NC)N1CCC(Cc2cnn(C)c2)C1. The Balaban J connectivity index is 1.47. The minimum Gasteiger partial charge on any atom is -0.354 e. The lowest BCUT2D eigenvalue weighted by Gasteiger charge is -2.22. The molecule has 2 aromatic heterocycles. The first-order valence-electron chi connectivity index (χ1n) is 8.99. The molecule has 25 heavy (non-hydrogen) atoms. The third-order valence-electron chi connectivity index (χ3n) is 4.73. The number of likely N-dealkylation sites (tertiary alicyclic amines) is 1. The third-order valence-corrected chi connectivity index (χ3v) is 4.73. The van der Waals surface area contributed by atoms with Crippen molar-refractivity contribution in [1.82, 2.24) is 34.8 Å². The third kappa shape index (κ3) is 4.37. The molecule has 0 spiro atoms. The first-order chi connectivity index (χ1) is 12.2. The van der Waals surface area contributed by atoms with Gasteiger partial charge in [-0.25, -0.2) is 0 Å². The predicted molar refractivity (Wildman–Crippen MR) is 97.4 cm³/mol. The molecule has 0 aromatic carbocycles. The van der Waals surface area contributed by atoms with Crippen LogP contribution in [0.15, 0.2) is 23.7 Å². The highest BCUT2D eigenvalue weighted by Crippen LogP contribution is 2.20. The van der Waals surface area contributed by atoms with Crippen molar-refractivity contribution >= 4 is 5.96 Å². The van der Waals surface area contributed by atoms with Crippen LogP contribution in [0.3, 0.4) is 0 Å². The van der Waals surface area contributed by atoms with Gasteiger partial charge in [-0.05, 0) is 24.3 Å². The summed E-state index contributed by atoms with van der Waals surface area (Å²) in [4.78, 5) is 6.81. The number of rotatable bonds is 6. The van der Waals surface area contributed by atoms with Crippen LogP contribution in [0.4, 0.5) is 0 Å². The number of aryl methyl sites for hydroxylation is 2. The molecule has 0 saturated carbocycles. The molecule has 0 radical (unpaired) electrons. The molecule has 2 aromatic rings. The molecule has 1 aliphatic heterocycles. The molecule has 8 heteroatoms. The normalized spacial score (nSPS) is 18.1. The first kappa shape index (κ1) is 17.4. The fourth-order valence-electron chi connectivity index (χ4n) is 3.46. The van der Waals surface area contributed by atoms with E-state index in [0.29, 0.717) is 5.92 Å². The number of aromatic nitrogens is 5. The average Bonchev–Trinajstić information content (AvgIpc) is 3.33. The molecular formula is C17H28N8.